The lowest BCUT2D eigenvalue weighted by Crippen LogP contribution is -2.44. The lowest BCUT2D eigenvalue weighted by molar-refractivity contribution is -0.171. The minimum absolute atomic E-state index is 0.0551. The molecule has 0 aliphatic carbocycles. The molecular formula is C18H21NO6. The summed E-state index contributed by atoms with van der Waals surface area (Å²) >= 11 is 0. The van der Waals surface area contributed by atoms with Crippen LogP contribution in [-0.2, 0) is 19.1 Å². The molecule has 1 aromatic carbocycles. The largest absolute Gasteiger partial charge is 0.468 e. The molecule has 0 N–H and O–H groups in total. The predicted molar refractivity (Wildman–Crippen MR) is 87.8 cm³/mol. The molecule has 1 heterocycles. The number of carbonyl (C=O) groups excluding carboxylic acids is 4. The summed E-state index contributed by atoms with van der Waals surface area (Å²) < 4.78 is 9.80. The number of amides is 2. The van der Waals surface area contributed by atoms with Crippen LogP contribution in [0.4, 0.5) is 0 Å². The van der Waals surface area contributed by atoms with E-state index in [1.165, 1.54) is 7.11 Å². The van der Waals surface area contributed by atoms with Gasteiger partial charge in [0.15, 0.2) is 5.41 Å². The van der Waals surface area contributed by atoms with E-state index in [2.05, 4.69) is 0 Å². The molecule has 2 amide bonds. The molecule has 1 aromatic rings. The van der Waals surface area contributed by atoms with Crippen molar-refractivity contribution >= 4 is 23.8 Å². The number of hydrogen-bond donors (Lipinski definition) is 0. The molecule has 2 rings (SSSR count). The van der Waals surface area contributed by atoms with Gasteiger partial charge in [0.05, 0.1) is 24.8 Å². The maximum absolute atomic E-state index is 12.4. The standard InChI is InChI=1S/C18H21NO6/c1-4-18(16(22)24-3,17(23)25-5-2)10-11-19-14(20)12-8-6-7-9-13(12)15(19)21/h6-9H,4-5,10-11H2,1-3H3. The molecule has 1 aliphatic heterocycles. The fraction of sp³-hybridized carbons (Fsp3) is 0.444. The highest BCUT2D eigenvalue weighted by atomic mass is 16.6. The van der Waals surface area contributed by atoms with Gasteiger partial charge in [0.2, 0.25) is 0 Å². The number of hydrogen-bond acceptors (Lipinski definition) is 6. The smallest absolute Gasteiger partial charge is 0.323 e. The zero-order chi connectivity index (χ0) is 18.6. The van der Waals surface area contributed by atoms with Gasteiger partial charge in [-0.3, -0.25) is 24.1 Å². The first-order valence-electron chi connectivity index (χ1n) is 8.13. The molecule has 0 spiro atoms. The number of fused-ring (bicyclic) bond motifs is 1. The van der Waals surface area contributed by atoms with Crippen molar-refractivity contribution in [3.8, 4) is 0 Å². The molecule has 7 heteroatoms. The van der Waals surface area contributed by atoms with Crippen LogP contribution in [0.25, 0.3) is 0 Å². The highest BCUT2D eigenvalue weighted by Crippen LogP contribution is 2.32. The van der Waals surface area contributed by atoms with Crippen molar-refractivity contribution in [3.05, 3.63) is 35.4 Å². The third-order valence-corrected chi connectivity index (χ3v) is 4.49. The van der Waals surface area contributed by atoms with Crippen LogP contribution in [0, 0.1) is 5.41 Å². The summed E-state index contributed by atoms with van der Waals surface area (Å²) in [6, 6.07) is 6.51. The molecule has 1 atom stereocenters. The number of imide groups is 1. The molecule has 1 unspecified atom stereocenters. The van der Waals surface area contributed by atoms with Crippen LogP contribution in [0.5, 0.6) is 0 Å². The van der Waals surface area contributed by atoms with Crippen LogP contribution in [0.3, 0.4) is 0 Å². The number of benzene rings is 1. The zero-order valence-corrected chi connectivity index (χ0v) is 14.5. The van der Waals surface area contributed by atoms with Crippen molar-refractivity contribution in [2.75, 3.05) is 20.3 Å². The molecule has 25 heavy (non-hydrogen) atoms. The Labute approximate surface area is 145 Å². The molecule has 0 saturated heterocycles. The van der Waals surface area contributed by atoms with Crippen molar-refractivity contribution < 1.29 is 28.7 Å². The molecule has 134 valence electrons. The van der Waals surface area contributed by atoms with Gasteiger partial charge in [0, 0.05) is 6.54 Å². The van der Waals surface area contributed by atoms with Gasteiger partial charge in [-0.2, -0.15) is 0 Å². The topological polar surface area (TPSA) is 90.0 Å². The van der Waals surface area contributed by atoms with E-state index >= 15 is 0 Å². The molecule has 0 radical (unpaired) electrons. The molecule has 7 nitrogen and oxygen atoms in total. The molecule has 0 saturated carbocycles. The highest BCUT2D eigenvalue weighted by Gasteiger charge is 2.48. The van der Waals surface area contributed by atoms with Gasteiger partial charge in [-0.25, -0.2) is 0 Å². The van der Waals surface area contributed by atoms with Gasteiger partial charge in [-0.05, 0) is 31.9 Å². The minimum Gasteiger partial charge on any atom is -0.468 e. The SMILES string of the molecule is CCOC(=O)C(CC)(CCN1C(=O)c2ccccc2C1=O)C(=O)OC. The third kappa shape index (κ3) is 3.14. The Morgan fingerprint density at radius 2 is 1.60 bits per heavy atom. The van der Waals surface area contributed by atoms with E-state index in [4.69, 9.17) is 9.47 Å². The summed E-state index contributed by atoms with van der Waals surface area (Å²) in [5, 5.41) is 0. The van der Waals surface area contributed by atoms with Gasteiger partial charge in [0.1, 0.15) is 0 Å². The summed E-state index contributed by atoms with van der Waals surface area (Å²) in [6.07, 6.45) is 0.0855. The van der Waals surface area contributed by atoms with E-state index in [1.54, 1.807) is 38.1 Å². The van der Waals surface area contributed by atoms with E-state index < -0.39 is 29.2 Å². The first-order chi connectivity index (χ1) is 11.9. The van der Waals surface area contributed by atoms with Crippen LogP contribution in [0.1, 0.15) is 47.4 Å². The molecule has 0 aromatic heterocycles. The Morgan fingerprint density at radius 1 is 1.04 bits per heavy atom. The Morgan fingerprint density at radius 3 is 2.04 bits per heavy atom. The van der Waals surface area contributed by atoms with Gasteiger partial charge in [-0.15, -0.1) is 0 Å². The Kier molecular flexibility index (Phi) is 5.56. The number of ether oxygens (including phenoxy) is 2. The predicted octanol–water partition coefficient (Wildman–Crippen LogP) is 1.81. The van der Waals surface area contributed by atoms with Gasteiger partial charge in [-0.1, -0.05) is 19.1 Å². The Bertz CT molecular complexity index is 678. The lowest BCUT2D eigenvalue weighted by Gasteiger charge is -2.28. The first-order valence-corrected chi connectivity index (χ1v) is 8.13. The van der Waals surface area contributed by atoms with E-state index in [1.807, 2.05) is 0 Å². The lowest BCUT2D eigenvalue weighted by atomic mass is 9.81. The van der Waals surface area contributed by atoms with Crippen LogP contribution < -0.4 is 0 Å². The number of rotatable bonds is 7. The van der Waals surface area contributed by atoms with E-state index in [0.29, 0.717) is 11.1 Å². The molecule has 0 fully saturated rings. The quantitative estimate of drug-likeness (QED) is 0.424. The third-order valence-electron chi connectivity index (χ3n) is 4.49. The number of esters is 2. The molecule has 0 bridgehead atoms. The Balaban J connectivity index is 2.24. The Hall–Kier alpha value is -2.70. The average Bonchev–Trinajstić information content (AvgIpc) is 2.87. The zero-order valence-electron chi connectivity index (χ0n) is 14.5. The second kappa shape index (κ2) is 7.46. The van der Waals surface area contributed by atoms with E-state index in [-0.39, 0.29) is 26.0 Å². The summed E-state index contributed by atoms with van der Waals surface area (Å²) in [5.74, 6) is -2.30. The average molecular weight is 347 g/mol. The maximum Gasteiger partial charge on any atom is 0.323 e. The second-order valence-electron chi connectivity index (χ2n) is 5.71. The monoisotopic (exact) mass is 347 g/mol. The van der Waals surface area contributed by atoms with Gasteiger partial charge in [0.25, 0.3) is 11.8 Å². The van der Waals surface area contributed by atoms with Crippen molar-refractivity contribution in [2.24, 2.45) is 5.41 Å². The van der Waals surface area contributed by atoms with Crippen LogP contribution in [0.2, 0.25) is 0 Å². The molecular weight excluding hydrogens is 326 g/mol. The van der Waals surface area contributed by atoms with Crippen LogP contribution >= 0.6 is 0 Å². The number of carbonyl (C=O) groups is 4. The first kappa shape index (κ1) is 18.6. The fourth-order valence-corrected chi connectivity index (χ4v) is 2.96. The van der Waals surface area contributed by atoms with Gasteiger partial charge >= 0.3 is 11.9 Å². The fourth-order valence-electron chi connectivity index (χ4n) is 2.96. The van der Waals surface area contributed by atoms with Gasteiger partial charge < -0.3 is 9.47 Å². The maximum atomic E-state index is 12.4. The summed E-state index contributed by atoms with van der Waals surface area (Å²) in [5.41, 5.74) is -0.896. The van der Waals surface area contributed by atoms with Crippen molar-refractivity contribution in [1.29, 1.82) is 0 Å². The van der Waals surface area contributed by atoms with Crippen molar-refractivity contribution in [3.63, 3.8) is 0 Å². The van der Waals surface area contributed by atoms with E-state index in [0.717, 1.165) is 4.90 Å². The van der Waals surface area contributed by atoms with Crippen molar-refractivity contribution in [1.82, 2.24) is 4.90 Å². The normalized spacial score (nSPS) is 15.6. The van der Waals surface area contributed by atoms with Crippen LogP contribution in [-0.4, -0.2) is 48.9 Å². The van der Waals surface area contributed by atoms with E-state index in [9.17, 15) is 19.2 Å². The summed E-state index contributed by atoms with van der Waals surface area (Å²) in [7, 11) is 1.19. The highest BCUT2D eigenvalue weighted by molar-refractivity contribution is 6.21. The summed E-state index contributed by atoms with van der Waals surface area (Å²) in [4.78, 5) is 50.5. The van der Waals surface area contributed by atoms with Crippen LogP contribution in [0.15, 0.2) is 24.3 Å². The second-order valence-corrected chi connectivity index (χ2v) is 5.71. The number of methoxy groups -OCH3 is 1. The minimum atomic E-state index is -1.54. The molecule has 1 aliphatic rings. The number of nitrogens with zero attached hydrogens (tertiary/aromatic N) is 1. The van der Waals surface area contributed by atoms with Crippen molar-refractivity contribution in [2.45, 2.75) is 26.7 Å². The summed E-state index contributed by atoms with van der Waals surface area (Å²) in [6.45, 7) is 3.34.